The zero-order chi connectivity index (χ0) is 20.8. The van der Waals surface area contributed by atoms with Crippen LogP contribution in [0.5, 0.6) is 0 Å². The quantitative estimate of drug-likeness (QED) is 0.311. The smallest absolute Gasteiger partial charge is 0.261 e. The molecule has 3 rings (SSSR count). The van der Waals surface area contributed by atoms with Crippen molar-refractivity contribution in [2.24, 2.45) is 4.99 Å². The van der Waals surface area contributed by atoms with Gasteiger partial charge in [0.05, 0.1) is 11.1 Å². The molecular weight excluding hydrogens is 370 g/mol. The lowest BCUT2D eigenvalue weighted by atomic mass is 10.1. The van der Waals surface area contributed by atoms with Crippen molar-refractivity contribution in [3.63, 3.8) is 0 Å². The highest BCUT2D eigenvalue weighted by Gasteiger charge is 2.34. The molecule has 2 N–H and O–H groups in total. The number of nitrogens with one attached hydrogen (secondary N) is 2. The minimum absolute atomic E-state index is 0.186. The van der Waals surface area contributed by atoms with Gasteiger partial charge in [0, 0.05) is 45.7 Å². The van der Waals surface area contributed by atoms with Crippen LogP contribution in [-0.4, -0.2) is 72.7 Å². The molecule has 1 saturated heterocycles. The Morgan fingerprint density at radius 1 is 1.17 bits per heavy atom. The third kappa shape index (κ3) is 4.75. The molecule has 0 aliphatic carbocycles. The lowest BCUT2D eigenvalue weighted by Crippen LogP contribution is -2.45. The second-order valence-corrected chi connectivity index (χ2v) is 7.34. The van der Waals surface area contributed by atoms with Crippen molar-refractivity contribution in [3.05, 3.63) is 35.4 Å². The molecule has 1 aromatic rings. The van der Waals surface area contributed by atoms with E-state index in [4.69, 9.17) is 0 Å². The first kappa shape index (κ1) is 20.8. The van der Waals surface area contributed by atoms with Gasteiger partial charge in [0.2, 0.25) is 5.91 Å². The fourth-order valence-electron chi connectivity index (χ4n) is 3.76. The van der Waals surface area contributed by atoms with Crippen LogP contribution >= 0.6 is 0 Å². The van der Waals surface area contributed by atoms with Crippen molar-refractivity contribution in [3.8, 4) is 0 Å². The van der Waals surface area contributed by atoms with E-state index in [1.54, 1.807) is 31.3 Å². The number of carbonyl (C=O) groups excluding carboxylic acids is 3. The Bertz CT molecular complexity index is 772. The third-order valence-electron chi connectivity index (χ3n) is 5.39. The number of fused-ring (bicyclic) bond motifs is 1. The van der Waals surface area contributed by atoms with Gasteiger partial charge in [-0.2, -0.15) is 0 Å². The Kier molecular flexibility index (Phi) is 6.85. The van der Waals surface area contributed by atoms with Gasteiger partial charge in [0.1, 0.15) is 0 Å². The number of rotatable bonds is 7. The number of likely N-dealkylation sites (tertiary alicyclic amines) is 1. The van der Waals surface area contributed by atoms with E-state index in [-0.39, 0.29) is 23.8 Å². The SMILES string of the molecule is CCC(=O)N1CCC(NC(=NC)NCCCCN2C(=O)c3ccccc3C2=O)C1. The van der Waals surface area contributed by atoms with E-state index >= 15 is 0 Å². The molecule has 8 heteroatoms. The summed E-state index contributed by atoms with van der Waals surface area (Å²) in [5.41, 5.74) is 0.986. The maximum absolute atomic E-state index is 12.3. The van der Waals surface area contributed by atoms with Crippen molar-refractivity contribution in [2.45, 2.75) is 38.6 Å². The van der Waals surface area contributed by atoms with Crippen molar-refractivity contribution >= 4 is 23.7 Å². The molecule has 1 atom stereocenters. The number of hydrogen-bond acceptors (Lipinski definition) is 4. The van der Waals surface area contributed by atoms with Gasteiger partial charge in [0.25, 0.3) is 11.8 Å². The van der Waals surface area contributed by atoms with Crippen LogP contribution in [0.1, 0.15) is 53.3 Å². The maximum atomic E-state index is 12.3. The predicted molar refractivity (Wildman–Crippen MR) is 111 cm³/mol. The van der Waals surface area contributed by atoms with Gasteiger partial charge >= 0.3 is 0 Å². The molecule has 0 spiro atoms. The van der Waals surface area contributed by atoms with Gasteiger partial charge in [-0.05, 0) is 31.4 Å². The molecular formula is C21H29N5O3. The minimum Gasteiger partial charge on any atom is -0.356 e. The van der Waals surface area contributed by atoms with Gasteiger partial charge in [-0.15, -0.1) is 0 Å². The molecule has 2 aliphatic heterocycles. The Balaban J connectivity index is 1.37. The average molecular weight is 399 g/mol. The largest absolute Gasteiger partial charge is 0.356 e. The van der Waals surface area contributed by atoms with Crippen molar-refractivity contribution < 1.29 is 14.4 Å². The molecule has 3 amide bonds. The monoisotopic (exact) mass is 399 g/mol. The van der Waals surface area contributed by atoms with Crippen molar-refractivity contribution in [1.29, 1.82) is 0 Å². The Labute approximate surface area is 171 Å². The van der Waals surface area contributed by atoms with Crippen LogP contribution in [0.15, 0.2) is 29.3 Å². The summed E-state index contributed by atoms with van der Waals surface area (Å²) in [6, 6.07) is 7.15. The van der Waals surface area contributed by atoms with E-state index in [0.29, 0.717) is 43.1 Å². The normalized spacial score (nSPS) is 19.0. The molecule has 1 unspecified atom stereocenters. The van der Waals surface area contributed by atoms with Gasteiger partial charge in [-0.25, -0.2) is 0 Å². The van der Waals surface area contributed by atoms with E-state index in [9.17, 15) is 14.4 Å². The fraction of sp³-hybridized carbons (Fsp3) is 0.524. The maximum Gasteiger partial charge on any atom is 0.261 e. The van der Waals surface area contributed by atoms with Crippen LogP contribution in [-0.2, 0) is 4.79 Å². The summed E-state index contributed by atoms with van der Waals surface area (Å²) >= 11 is 0. The summed E-state index contributed by atoms with van der Waals surface area (Å²) in [6.07, 6.45) is 2.97. The predicted octanol–water partition coefficient (Wildman–Crippen LogP) is 1.24. The van der Waals surface area contributed by atoms with E-state index in [2.05, 4.69) is 15.6 Å². The molecule has 0 aromatic heterocycles. The summed E-state index contributed by atoms with van der Waals surface area (Å²) in [5.74, 6) is 0.485. The first-order valence-electron chi connectivity index (χ1n) is 10.2. The van der Waals surface area contributed by atoms with E-state index in [1.807, 2.05) is 11.8 Å². The van der Waals surface area contributed by atoms with Crippen LogP contribution in [0.25, 0.3) is 0 Å². The number of benzene rings is 1. The molecule has 156 valence electrons. The van der Waals surface area contributed by atoms with Gasteiger partial charge in [-0.3, -0.25) is 24.3 Å². The molecule has 29 heavy (non-hydrogen) atoms. The van der Waals surface area contributed by atoms with Crippen LogP contribution in [0.3, 0.4) is 0 Å². The number of carbonyl (C=O) groups is 3. The number of amides is 3. The molecule has 1 aromatic carbocycles. The summed E-state index contributed by atoms with van der Waals surface area (Å²) in [4.78, 5) is 43.9. The van der Waals surface area contributed by atoms with Crippen LogP contribution < -0.4 is 10.6 Å². The zero-order valence-corrected chi connectivity index (χ0v) is 17.1. The first-order valence-corrected chi connectivity index (χ1v) is 10.2. The summed E-state index contributed by atoms with van der Waals surface area (Å²) in [6.45, 7) is 4.46. The lowest BCUT2D eigenvalue weighted by molar-refractivity contribution is -0.129. The number of hydrogen-bond donors (Lipinski definition) is 2. The highest BCUT2D eigenvalue weighted by Crippen LogP contribution is 2.22. The highest BCUT2D eigenvalue weighted by atomic mass is 16.2. The van der Waals surface area contributed by atoms with Gasteiger partial charge in [0.15, 0.2) is 5.96 Å². The second-order valence-electron chi connectivity index (χ2n) is 7.34. The number of imide groups is 1. The van der Waals surface area contributed by atoms with E-state index in [0.717, 1.165) is 25.8 Å². The van der Waals surface area contributed by atoms with Crippen molar-refractivity contribution in [1.82, 2.24) is 20.4 Å². The number of nitrogens with zero attached hydrogens (tertiary/aromatic N) is 3. The Morgan fingerprint density at radius 3 is 2.48 bits per heavy atom. The average Bonchev–Trinajstić information content (AvgIpc) is 3.30. The molecule has 0 radical (unpaired) electrons. The Morgan fingerprint density at radius 2 is 1.86 bits per heavy atom. The van der Waals surface area contributed by atoms with E-state index in [1.165, 1.54) is 4.90 Å². The summed E-state index contributed by atoms with van der Waals surface area (Å²) in [7, 11) is 1.72. The van der Waals surface area contributed by atoms with Crippen molar-refractivity contribution in [2.75, 3.05) is 33.2 Å². The van der Waals surface area contributed by atoms with Crippen LogP contribution in [0, 0.1) is 0 Å². The molecule has 2 heterocycles. The minimum atomic E-state index is -0.205. The standard InChI is InChI=1S/C21H29N5O3/c1-3-18(27)25-13-10-15(14-25)24-21(22-2)23-11-6-7-12-26-19(28)16-8-4-5-9-17(16)20(26)29/h4-5,8-9,15H,3,6-7,10-14H2,1-2H3,(H2,22,23,24). The summed E-state index contributed by atoms with van der Waals surface area (Å²) in [5, 5.41) is 6.63. The van der Waals surface area contributed by atoms with Gasteiger partial charge < -0.3 is 15.5 Å². The fourth-order valence-corrected chi connectivity index (χ4v) is 3.76. The highest BCUT2D eigenvalue weighted by molar-refractivity contribution is 6.21. The van der Waals surface area contributed by atoms with Crippen LogP contribution in [0.2, 0.25) is 0 Å². The lowest BCUT2D eigenvalue weighted by Gasteiger charge is -2.19. The summed E-state index contributed by atoms with van der Waals surface area (Å²) < 4.78 is 0. The zero-order valence-electron chi connectivity index (χ0n) is 17.1. The molecule has 0 bridgehead atoms. The topological polar surface area (TPSA) is 94.1 Å². The number of unbranched alkanes of at least 4 members (excludes halogenated alkanes) is 1. The Hall–Kier alpha value is -2.90. The number of guanidine groups is 1. The van der Waals surface area contributed by atoms with E-state index < -0.39 is 0 Å². The third-order valence-corrected chi connectivity index (χ3v) is 5.39. The first-order chi connectivity index (χ1) is 14.0. The molecule has 2 aliphatic rings. The molecule has 0 saturated carbocycles. The number of aliphatic imine (C=N–C) groups is 1. The van der Waals surface area contributed by atoms with Gasteiger partial charge in [-0.1, -0.05) is 19.1 Å². The molecule has 8 nitrogen and oxygen atoms in total. The van der Waals surface area contributed by atoms with Crippen LogP contribution in [0.4, 0.5) is 0 Å². The molecule has 1 fully saturated rings. The second kappa shape index (κ2) is 9.54.